The van der Waals surface area contributed by atoms with Gasteiger partial charge in [0.05, 0.1) is 0 Å². The lowest BCUT2D eigenvalue weighted by Crippen LogP contribution is -2.02. The van der Waals surface area contributed by atoms with E-state index in [1.165, 1.54) is 12.8 Å². The van der Waals surface area contributed by atoms with Crippen LogP contribution >= 0.6 is 0 Å². The molecule has 1 rings (SSSR count). The molecule has 1 fully saturated rings. The van der Waals surface area contributed by atoms with Crippen LogP contribution in [-0.4, -0.2) is 11.7 Å². The number of aliphatic hydroxyl groups excluding tert-OH is 1. The summed E-state index contributed by atoms with van der Waals surface area (Å²) in [6, 6.07) is 0. The van der Waals surface area contributed by atoms with Crippen molar-refractivity contribution in [1.29, 1.82) is 0 Å². The quantitative estimate of drug-likeness (QED) is 0.575. The first-order valence-corrected chi connectivity index (χ1v) is 3.34. The summed E-state index contributed by atoms with van der Waals surface area (Å²) in [5, 5.41) is 8.77. The van der Waals surface area contributed by atoms with Gasteiger partial charge >= 0.3 is 0 Å². The highest BCUT2D eigenvalue weighted by atomic mass is 16.3. The molecule has 2 unspecified atom stereocenters. The Kier molecular flexibility index (Phi) is 1.31. The SMILES string of the molecule is CCC1CC1(C)CO. The first-order valence-electron chi connectivity index (χ1n) is 3.34. The third kappa shape index (κ3) is 0.752. The van der Waals surface area contributed by atoms with E-state index in [1.54, 1.807) is 0 Å². The summed E-state index contributed by atoms with van der Waals surface area (Å²) in [6.45, 7) is 4.72. The van der Waals surface area contributed by atoms with Gasteiger partial charge in [-0.2, -0.15) is 0 Å². The second kappa shape index (κ2) is 1.73. The minimum atomic E-state index is 0.314. The van der Waals surface area contributed by atoms with Gasteiger partial charge in [-0.25, -0.2) is 0 Å². The lowest BCUT2D eigenvalue weighted by molar-refractivity contribution is 0.211. The van der Waals surface area contributed by atoms with Crippen molar-refractivity contribution in [2.24, 2.45) is 11.3 Å². The molecule has 8 heavy (non-hydrogen) atoms. The Morgan fingerprint density at radius 1 is 1.75 bits per heavy atom. The molecule has 0 aromatic rings. The first kappa shape index (κ1) is 6.09. The zero-order chi connectivity index (χ0) is 6.20. The van der Waals surface area contributed by atoms with Crippen LogP contribution < -0.4 is 0 Å². The Bertz CT molecular complexity index is 90.4. The summed E-state index contributed by atoms with van der Waals surface area (Å²) >= 11 is 0. The van der Waals surface area contributed by atoms with Crippen LogP contribution in [0.4, 0.5) is 0 Å². The summed E-state index contributed by atoms with van der Waals surface area (Å²) < 4.78 is 0. The predicted octanol–water partition coefficient (Wildman–Crippen LogP) is 1.41. The molecule has 1 aliphatic carbocycles. The van der Waals surface area contributed by atoms with Gasteiger partial charge in [0.25, 0.3) is 0 Å². The smallest absolute Gasteiger partial charge is 0.0487 e. The molecule has 1 nitrogen and oxygen atoms in total. The molecule has 0 bridgehead atoms. The van der Waals surface area contributed by atoms with Gasteiger partial charge in [-0.3, -0.25) is 0 Å². The largest absolute Gasteiger partial charge is 0.396 e. The molecule has 1 aliphatic rings. The monoisotopic (exact) mass is 114 g/mol. The average Bonchev–Trinajstić information content (AvgIpc) is 2.44. The van der Waals surface area contributed by atoms with Gasteiger partial charge in [0.15, 0.2) is 0 Å². The van der Waals surface area contributed by atoms with Crippen LogP contribution in [0.25, 0.3) is 0 Å². The molecule has 0 heterocycles. The van der Waals surface area contributed by atoms with Crippen LogP contribution in [0.15, 0.2) is 0 Å². The molecule has 2 atom stereocenters. The van der Waals surface area contributed by atoms with Crippen molar-refractivity contribution in [2.45, 2.75) is 26.7 Å². The standard InChI is InChI=1S/C7H14O/c1-3-6-4-7(6,2)5-8/h6,8H,3-5H2,1-2H3. The second-order valence-corrected chi connectivity index (χ2v) is 3.12. The van der Waals surface area contributed by atoms with E-state index in [0.717, 1.165) is 5.92 Å². The summed E-state index contributed by atoms with van der Waals surface area (Å²) in [5.74, 6) is 0.812. The van der Waals surface area contributed by atoms with Crippen molar-refractivity contribution in [3.05, 3.63) is 0 Å². The zero-order valence-corrected chi connectivity index (χ0v) is 5.65. The van der Waals surface area contributed by atoms with Gasteiger partial charge in [0, 0.05) is 6.61 Å². The molecule has 1 N–H and O–H groups in total. The summed E-state index contributed by atoms with van der Waals surface area (Å²) in [4.78, 5) is 0. The highest BCUT2D eigenvalue weighted by Gasteiger charge is 2.47. The van der Waals surface area contributed by atoms with Crippen molar-refractivity contribution in [3.8, 4) is 0 Å². The van der Waals surface area contributed by atoms with E-state index in [2.05, 4.69) is 13.8 Å². The topological polar surface area (TPSA) is 20.2 Å². The Hall–Kier alpha value is -0.0400. The van der Waals surface area contributed by atoms with Crippen LogP contribution in [0.5, 0.6) is 0 Å². The second-order valence-electron chi connectivity index (χ2n) is 3.12. The third-order valence-electron chi connectivity index (χ3n) is 2.39. The number of hydrogen-bond donors (Lipinski definition) is 1. The maximum absolute atomic E-state index is 8.77. The summed E-state index contributed by atoms with van der Waals surface area (Å²) in [6.07, 6.45) is 2.47. The molecule has 0 spiro atoms. The number of hydrogen-bond acceptors (Lipinski definition) is 1. The van der Waals surface area contributed by atoms with Gasteiger partial charge in [0.1, 0.15) is 0 Å². The van der Waals surface area contributed by atoms with Crippen molar-refractivity contribution in [2.75, 3.05) is 6.61 Å². The Balaban J connectivity index is 2.31. The third-order valence-corrected chi connectivity index (χ3v) is 2.39. The van der Waals surface area contributed by atoms with Crippen LogP contribution in [0.3, 0.4) is 0 Å². The normalized spacial score (nSPS) is 44.6. The molecule has 0 saturated heterocycles. The summed E-state index contributed by atoms with van der Waals surface area (Å²) in [5.41, 5.74) is 0.314. The molecule has 1 saturated carbocycles. The van der Waals surface area contributed by atoms with Gasteiger partial charge in [-0.15, -0.1) is 0 Å². The fourth-order valence-electron chi connectivity index (χ4n) is 1.33. The molecule has 0 aliphatic heterocycles. The van der Waals surface area contributed by atoms with Gasteiger partial charge in [-0.1, -0.05) is 20.3 Å². The highest BCUT2D eigenvalue weighted by Crippen LogP contribution is 2.53. The van der Waals surface area contributed by atoms with E-state index in [1.807, 2.05) is 0 Å². The maximum Gasteiger partial charge on any atom is 0.0487 e. The molecule has 48 valence electrons. The minimum Gasteiger partial charge on any atom is -0.396 e. The molecule has 0 radical (unpaired) electrons. The average molecular weight is 114 g/mol. The predicted molar refractivity (Wildman–Crippen MR) is 33.6 cm³/mol. The van der Waals surface area contributed by atoms with E-state index in [-0.39, 0.29) is 0 Å². The Morgan fingerprint density at radius 2 is 2.38 bits per heavy atom. The van der Waals surface area contributed by atoms with Crippen molar-refractivity contribution < 1.29 is 5.11 Å². The number of aliphatic hydroxyl groups is 1. The van der Waals surface area contributed by atoms with Gasteiger partial charge < -0.3 is 5.11 Å². The van der Waals surface area contributed by atoms with Crippen LogP contribution in [-0.2, 0) is 0 Å². The van der Waals surface area contributed by atoms with E-state index in [4.69, 9.17) is 5.11 Å². The molecular weight excluding hydrogens is 100 g/mol. The Morgan fingerprint density at radius 3 is 2.50 bits per heavy atom. The highest BCUT2D eigenvalue weighted by molar-refractivity contribution is 4.97. The van der Waals surface area contributed by atoms with Crippen LogP contribution in [0.1, 0.15) is 26.7 Å². The molecular formula is C7H14O. The van der Waals surface area contributed by atoms with Crippen molar-refractivity contribution in [1.82, 2.24) is 0 Å². The molecule has 1 heteroatoms. The lowest BCUT2D eigenvalue weighted by atomic mass is 10.1. The van der Waals surface area contributed by atoms with Crippen LogP contribution in [0, 0.1) is 11.3 Å². The van der Waals surface area contributed by atoms with E-state index < -0.39 is 0 Å². The van der Waals surface area contributed by atoms with E-state index in [0.29, 0.717) is 12.0 Å². The minimum absolute atomic E-state index is 0.314. The lowest BCUT2D eigenvalue weighted by Gasteiger charge is -2.02. The van der Waals surface area contributed by atoms with Gasteiger partial charge in [-0.05, 0) is 17.8 Å². The van der Waals surface area contributed by atoms with E-state index in [9.17, 15) is 0 Å². The molecule has 0 amide bonds. The van der Waals surface area contributed by atoms with E-state index >= 15 is 0 Å². The van der Waals surface area contributed by atoms with Crippen molar-refractivity contribution >= 4 is 0 Å². The van der Waals surface area contributed by atoms with Gasteiger partial charge in [0.2, 0.25) is 0 Å². The zero-order valence-electron chi connectivity index (χ0n) is 5.65. The fourth-order valence-corrected chi connectivity index (χ4v) is 1.33. The maximum atomic E-state index is 8.77. The molecule has 0 aromatic carbocycles. The first-order chi connectivity index (χ1) is 3.73. The fraction of sp³-hybridized carbons (Fsp3) is 1.00. The van der Waals surface area contributed by atoms with Crippen LogP contribution in [0.2, 0.25) is 0 Å². The summed E-state index contributed by atoms with van der Waals surface area (Å²) in [7, 11) is 0. The Labute approximate surface area is 50.7 Å². The van der Waals surface area contributed by atoms with Crippen molar-refractivity contribution in [3.63, 3.8) is 0 Å². The number of rotatable bonds is 2. The molecule has 0 aromatic heterocycles.